The molecule has 0 aromatic heterocycles. The van der Waals surface area contributed by atoms with Crippen LogP contribution in [0.25, 0.3) is 0 Å². The Hall–Kier alpha value is -2.26. The van der Waals surface area contributed by atoms with Crippen LogP contribution in [0.5, 0.6) is 0 Å². The van der Waals surface area contributed by atoms with E-state index in [-0.39, 0.29) is 11.6 Å². The molecule has 1 aliphatic rings. The molecule has 1 aliphatic carbocycles. The molecule has 0 aliphatic heterocycles. The summed E-state index contributed by atoms with van der Waals surface area (Å²) < 4.78 is 0. The first kappa shape index (κ1) is 13.2. The van der Waals surface area contributed by atoms with Gasteiger partial charge in [-0.3, -0.25) is 9.59 Å². The monoisotopic (exact) mass is 253 g/mol. The van der Waals surface area contributed by atoms with E-state index in [4.69, 9.17) is 0 Å². The van der Waals surface area contributed by atoms with Gasteiger partial charge in [0.15, 0.2) is 11.6 Å². The standard InChI is InChI=1S/C14H8O2.C2H7N/c15-13-9-5-1-2-6-10(9)14(16)12-8-4-3-7-11(12)13;1-3-2/h1-8H;3H,1-2H3. The summed E-state index contributed by atoms with van der Waals surface area (Å²) in [6.07, 6.45) is 0. The van der Waals surface area contributed by atoms with E-state index in [0.29, 0.717) is 22.3 Å². The van der Waals surface area contributed by atoms with Crippen molar-refractivity contribution >= 4 is 11.6 Å². The average molecular weight is 253 g/mol. The van der Waals surface area contributed by atoms with Gasteiger partial charge in [-0.05, 0) is 14.1 Å². The van der Waals surface area contributed by atoms with Crippen molar-refractivity contribution in [2.45, 2.75) is 0 Å². The predicted octanol–water partition coefficient (Wildman–Crippen LogP) is 2.30. The Balaban J connectivity index is 0.000000408. The second kappa shape index (κ2) is 5.59. The summed E-state index contributed by atoms with van der Waals surface area (Å²) in [7, 11) is 3.75. The Morgan fingerprint density at radius 3 is 1.05 bits per heavy atom. The first-order chi connectivity index (χ1) is 9.20. The van der Waals surface area contributed by atoms with Crippen LogP contribution in [-0.2, 0) is 0 Å². The molecule has 0 bridgehead atoms. The van der Waals surface area contributed by atoms with Gasteiger partial charge in [-0.1, -0.05) is 48.5 Å². The van der Waals surface area contributed by atoms with Crippen molar-refractivity contribution in [1.29, 1.82) is 0 Å². The summed E-state index contributed by atoms with van der Waals surface area (Å²) in [4.78, 5) is 24.2. The van der Waals surface area contributed by atoms with E-state index in [1.807, 2.05) is 14.1 Å². The molecule has 0 spiro atoms. The minimum atomic E-state index is -0.0641. The highest BCUT2D eigenvalue weighted by atomic mass is 16.1. The normalized spacial score (nSPS) is 12.1. The predicted molar refractivity (Wildman–Crippen MR) is 74.7 cm³/mol. The highest BCUT2D eigenvalue weighted by molar-refractivity contribution is 6.28. The number of fused-ring (bicyclic) bond motifs is 2. The van der Waals surface area contributed by atoms with Gasteiger partial charge in [0.05, 0.1) is 0 Å². The van der Waals surface area contributed by atoms with Crippen LogP contribution in [-0.4, -0.2) is 25.7 Å². The summed E-state index contributed by atoms with van der Waals surface area (Å²) in [5.41, 5.74) is 2.02. The van der Waals surface area contributed by atoms with Crippen LogP contribution in [0.4, 0.5) is 0 Å². The molecule has 0 radical (unpaired) electrons. The van der Waals surface area contributed by atoms with Gasteiger partial charge in [-0.2, -0.15) is 0 Å². The van der Waals surface area contributed by atoms with Gasteiger partial charge >= 0.3 is 0 Å². The summed E-state index contributed by atoms with van der Waals surface area (Å²) in [5.74, 6) is -0.128. The van der Waals surface area contributed by atoms with E-state index in [1.165, 1.54) is 0 Å². The van der Waals surface area contributed by atoms with E-state index >= 15 is 0 Å². The molecule has 0 atom stereocenters. The topological polar surface area (TPSA) is 46.2 Å². The fourth-order valence-corrected chi connectivity index (χ4v) is 2.05. The lowest BCUT2D eigenvalue weighted by molar-refractivity contribution is 0.0979. The number of ketones is 2. The second-order valence-corrected chi connectivity index (χ2v) is 4.25. The highest BCUT2D eigenvalue weighted by Gasteiger charge is 2.28. The van der Waals surface area contributed by atoms with Crippen molar-refractivity contribution in [3.8, 4) is 0 Å². The lowest BCUT2D eigenvalue weighted by Gasteiger charge is -2.16. The van der Waals surface area contributed by atoms with Gasteiger partial charge in [0.2, 0.25) is 0 Å². The van der Waals surface area contributed by atoms with Gasteiger partial charge in [0.25, 0.3) is 0 Å². The van der Waals surface area contributed by atoms with Crippen molar-refractivity contribution in [1.82, 2.24) is 5.32 Å². The van der Waals surface area contributed by atoms with E-state index in [1.54, 1.807) is 48.5 Å². The van der Waals surface area contributed by atoms with Crippen molar-refractivity contribution in [2.75, 3.05) is 14.1 Å². The second-order valence-electron chi connectivity index (χ2n) is 4.25. The third-order valence-electron chi connectivity index (χ3n) is 2.83. The van der Waals surface area contributed by atoms with E-state index in [2.05, 4.69) is 5.32 Å². The van der Waals surface area contributed by atoms with Gasteiger partial charge in [-0.15, -0.1) is 0 Å². The summed E-state index contributed by atoms with van der Waals surface area (Å²) in [5, 5.41) is 2.75. The maximum Gasteiger partial charge on any atom is 0.194 e. The molecular weight excluding hydrogens is 238 g/mol. The van der Waals surface area contributed by atoms with Crippen LogP contribution in [0.3, 0.4) is 0 Å². The number of benzene rings is 2. The van der Waals surface area contributed by atoms with E-state index < -0.39 is 0 Å². The van der Waals surface area contributed by atoms with Crippen LogP contribution in [0.2, 0.25) is 0 Å². The quantitative estimate of drug-likeness (QED) is 0.668. The lowest BCUT2D eigenvalue weighted by atomic mass is 9.84. The molecule has 19 heavy (non-hydrogen) atoms. The Kier molecular flexibility index (Phi) is 3.88. The number of rotatable bonds is 0. The zero-order valence-electron chi connectivity index (χ0n) is 10.9. The Morgan fingerprint density at radius 1 is 0.632 bits per heavy atom. The Labute approximate surface area is 112 Å². The number of hydrogen-bond acceptors (Lipinski definition) is 3. The number of carbonyl (C=O) groups is 2. The fraction of sp³-hybridized carbons (Fsp3) is 0.125. The molecule has 1 N–H and O–H groups in total. The van der Waals surface area contributed by atoms with Crippen molar-refractivity contribution in [3.63, 3.8) is 0 Å². The van der Waals surface area contributed by atoms with Gasteiger partial charge in [0.1, 0.15) is 0 Å². The van der Waals surface area contributed by atoms with Crippen molar-refractivity contribution in [2.24, 2.45) is 0 Å². The van der Waals surface area contributed by atoms with Gasteiger partial charge in [-0.25, -0.2) is 0 Å². The Morgan fingerprint density at radius 2 is 0.842 bits per heavy atom. The zero-order valence-corrected chi connectivity index (χ0v) is 10.9. The largest absolute Gasteiger partial charge is 0.323 e. The van der Waals surface area contributed by atoms with Crippen LogP contribution in [0.15, 0.2) is 48.5 Å². The molecule has 0 heterocycles. The fourth-order valence-electron chi connectivity index (χ4n) is 2.05. The SMILES string of the molecule is CNC.O=C1c2ccccc2C(=O)c2ccccc21. The third kappa shape index (κ3) is 2.33. The smallest absolute Gasteiger partial charge is 0.194 e. The number of nitrogens with one attached hydrogen (secondary N) is 1. The average Bonchev–Trinajstić information content (AvgIpc) is 2.46. The first-order valence-electron chi connectivity index (χ1n) is 6.06. The minimum absolute atomic E-state index is 0.0641. The van der Waals surface area contributed by atoms with Crippen LogP contribution in [0.1, 0.15) is 31.8 Å². The molecule has 0 amide bonds. The van der Waals surface area contributed by atoms with E-state index in [9.17, 15) is 9.59 Å². The molecule has 96 valence electrons. The molecule has 0 saturated carbocycles. The Bertz CT molecular complexity index is 527. The molecular formula is C16H15NO2. The molecule has 3 heteroatoms. The minimum Gasteiger partial charge on any atom is -0.323 e. The maximum absolute atomic E-state index is 12.1. The maximum atomic E-state index is 12.1. The molecule has 2 aromatic rings. The zero-order chi connectivity index (χ0) is 13.8. The number of hydrogen-bond donors (Lipinski definition) is 1. The first-order valence-corrected chi connectivity index (χ1v) is 6.06. The molecule has 0 saturated heterocycles. The van der Waals surface area contributed by atoms with Gasteiger partial charge in [0, 0.05) is 22.3 Å². The number of carbonyl (C=O) groups excluding carboxylic acids is 2. The third-order valence-corrected chi connectivity index (χ3v) is 2.83. The van der Waals surface area contributed by atoms with Crippen LogP contribution >= 0.6 is 0 Å². The van der Waals surface area contributed by atoms with Crippen LogP contribution in [0, 0.1) is 0 Å². The summed E-state index contributed by atoms with van der Waals surface area (Å²) in [6, 6.07) is 13.9. The molecule has 0 fully saturated rings. The van der Waals surface area contributed by atoms with E-state index in [0.717, 1.165) is 0 Å². The van der Waals surface area contributed by atoms with Gasteiger partial charge < -0.3 is 5.32 Å². The van der Waals surface area contributed by atoms with Crippen molar-refractivity contribution in [3.05, 3.63) is 70.8 Å². The van der Waals surface area contributed by atoms with Crippen molar-refractivity contribution < 1.29 is 9.59 Å². The molecule has 3 nitrogen and oxygen atoms in total. The van der Waals surface area contributed by atoms with Crippen LogP contribution < -0.4 is 5.32 Å². The summed E-state index contributed by atoms with van der Waals surface area (Å²) >= 11 is 0. The highest BCUT2D eigenvalue weighted by Crippen LogP contribution is 2.26. The molecule has 2 aromatic carbocycles. The molecule has 3 rings (SSSR count). The molecule has 0 unspecified atom stereocenters. The summed E-state index contributed by atoms with van der Waals surface area (Å²) in [6.45, 7) is 0. The lowest BCUT2D eigenvalue weighted by Crippen LogP contribution is -2.20.